The zero-order valence-electron chi connectivity index (χ0n) is 12.4. The van der Waals surface area contributed by atoms with Gasteiger partial charge in [0.1, 0.15) is 0 Å². The zero-order valence-corrected chi connectivity index (χ0v) is 12.4. The van der Waals surface area contributed by atoms with Gasteiger partial charge in [0.2, 0.25) is 0 Å². The van der Waals surface area contributed by atoms with E-state index in [0.29, 0.717) is 58.8 Å². The van der Waals surface area contributed by atoms with Gasteiger partial charge in [-0.1, -0.05) is 13.8 Å². The van der Waals surface area contributed by atoms with E-state index in [0.717, 1.165) is 0 Å². The molecule has 0 aliphatic rings. The van der Waals surface area contributed by atoms with Gasteiger partial charge in [-0.3, -0.25) is 0 Å². The molecule has 0 spiro atoms. The smallest absolute Gasteiger partial charge is 0.0897 e. The summed E-state index contributed by atoms with van der Waals surface area (Å²) in [4.78, 5) is 0. The second-order valence-electron chi connectivity index (χ2n) is 4.51. The molecule has 1 atom stereocenters. The third kappa shape index (κ3) is 15.7. The third-order valence-electron chi connectivity index (χ3n) is 2.25. The molecule has 0 aromatic rings. The molecule has 6 nitrogen and oxygen atoms in total. The van der Waals surface area contributed by atoms with Crippen LogP contribution < -0.4 is 5.32 Å². The van der Waals surface area contributed by atoms with Crippen molar-refractivity contribution in [3.63, 3.8) is 0 Å². The summed E-state index contributed by atoms with van der Waals surface area (Å²) in [5, 5.41) is 12.7. The summed E-state index contributed by atoms with van der Waals surface area (Å²) in [6.45, 7) is 8.24. The predicted molar refractivity (Wildman–Crippen MR) is 73.5 cm³/mol. The van der Waals surface area contributed by atoms with Crippen LogP contribution in [-0.2, 0) is 18.9 Å². The summed E-state index contributed by atoms with van der Waals surface area (Å²) in [5.41, 5.74) is 0. The first-order chi connectivity index (χ1) is 9.16. The molecule has 0 fully saturated rings. The van der Waals surface area contributed by atoms with Crippen LogP contribution in [0.15, 0.2) is 0 Å². The fraction of sp³-hybridized carbons (Fsp3) is 1.00. The van der Waals surface area contributed by atoms with Gasteiger partial charge in [0.15, 0.2) is 0 Å². The van der Waals surface area contributed by atoms with E-state index in [2.05, 4.69) is 5.32 Å². The lowest BCUT2D eigenvalue weighted by molar-refractivity contribution is -0.0142. The number of hydrogen-bond acceptors (Lipinski definition) is 6. The van der Waals surface area contributed by atoms with Crippen molar-refractivity contribution in [3.05, 3.63) is 0 Å². The number of aliphatic hydroxyl groups excluding tert-OH is 1. The van der Waals surface area contributed by atoms with Crippen molar-refractivity contribution in [2.75, 3.05) is 59.9 Å². The molecule has 116 valence electrons. The Morgan fingerprint density at radius 3 is 1.95 bits per heavy atom. The lowest BCUT2D eigenvalue weighted by Crippen LogP contribution is -2.34. The quantitative estimate of drug-likeness (QED) is 0.438. The van der Waals surface area contributed by atoms with Gasteiger partial charge in [-0.05, 0) is 0 Å². The van der Waals surface area contributed by atoms with E-state index in [1.165, 1.54) is 0 Å². The molecule has 6 heteroatoms. The van der Waals surface area contributed by atoms with Gasteiger partial charge in [0.05, 0.1) is 52.4 Å². The number of aliphatic hydroxyl groups is 1. The molecule has 0 rings (SSSR count). The molecule has 19 heavy (non-hydrogen) atoms. The molecular formula is C13H29NO5. The van der Waals surface area contributed by atoms with Crippen LogP contribution in [0, 0.1) is 0 Å². The van der Waals surface area contributed by atoms with Gasteiger partial charge in [0.25, 0.3) is 0 Å². The van der Waals surface area contributed by atoms with Crippen molar-refractivity contribution in [1.29, 1.82) is 0 Å². The van der Waals surface area contributed by atoms with Crippen LogP contribution in [-0.4, -0.2) is 77.2 Å². The van der Waals surface area contributed by atoms with Gasteiger partial charge in [-0.2, -0.15) is 0 Å². The lowest BCUT2D eigenvalue weighted by atomic mass is 10.3. The van der Waals surface area contributed by atoms with Gasteiger partial charge >= 0.3 is 0 Å². The standard InChI is InChI=1S/C13H29NO5/c1-12(2)14-10-13(15)11-19-9-8-18-7-6-17-5-4-16-3/h12-15H,4-11H2,1-3H3. The Morgan fingerprint density at radius 1 is 0.895 bits per heavy atom. The molecule has 0 amide bonds. The number of hydrogen-bond donors (Lipinski definition) is 2. The van der Waals surface area contributed by atoms with Crippen LogP contribution in [0.5, 0.6) is 0 Å². The molecule has 0 aliphatic heterocycles. The highest BCUT2D eigenvalue weighted by Gasteiger charge is 2.04. The fourth-order valence-corrected chi connectivity index (χ4v) is 1.23. The van der Waals surface area contributed by atoms with E-state index >= 15 is 0 Å². The molecule has 0 saturated heterocycles. The molecular weight excluding hydrogens is 250 g/mol. The average Bonchev–Trinajstić information content (AvgIpc) is 2.38. The van der Waals surface area contributed by atoms with Crippen LogP contribution in [0.3, 0.4) is 0 Å². The molecule has 0 saturated carbocycles. The van der Waals surface area contributed by atoms with E-state index in [4.69, 9.17) is 18.9 Å². The number of nitrogens with one attached hydrogen (secondary N) is 1. The first-order valence-electron chi connectivity index (χ1n) is 6.80. The minimum atomic E-state index is -0.472. The van der Waals surface area contributed by atoms with Gasteiger partial charge in [-0.15, -0.1) is 0 Å². The van der Waals surface area contributed by atoms with E-state index in [1.807, 2.05) is 13.8 Å². The van der Waals surface area contributed by atoms with Crippen LogP contribution in [0.25, 0.3) is 0 Å². The maximum absolute atomic E-state index is 9.56. The van der Waals surface area contributed by atoms with Crippen LogP contribution in [0.2, 0.25) is 0 Å². The van der Waals surface area contributed by atoms with Crippen molar-refractivity contribution in [1.82, 2.24) is 5.32 Å². The summed E-state index contributed by atoms with van der Waals surface area (Å²) in [5.74, 6) is 0. The topological polar surface area (TPSA) is 69.2 Å². The Labute approximate surface area is 116 Å². The zero-order chi connectivity index (χ0) is 14.3. The highest BCUT2D eigenvalue weighted by Crippen LogP contribution is 1.87. The van der Waals surface area contributed by atoms with Crippen molar-refractivity contribution in [3.8, 4) is 0 Å². The second-order valence-corrected chi connectivity index (χ2v) is 4.51. The Bertz CT molecular complexity index is 180. The molecule has 0 heterocycles. The Hall–Kier alpha value is -0.240. The summed E-state index contributed by atoms with van der Waals surface area (Å²) in [7, 11) is 1.64. The summed E-state index contributed by atoms with van der Waals surface area (Å²) in [6.07, 6.45) is -0.472. The summed E-state index contributed by atoms with van der Waals surface area (Å²) >= 11 is 0. The molecule has 0 aromatic heterocycles. The molecule has 0 radical (unpaired) electrons. The van der Waals surface area contributed by atoms with Gasteiger partial charge in [-0.25, -0.2) is 0 Å². The Kier molecular flexibility index (Phi) is 14.0. The lowest BCUT2D eigenvalue weighted by Gasteiger charge is -2.14. The number of ether oxygens (including phenoxy) is 4. The maximum Gasteiger partial charge on any atom is 0.0897 e. The highest BCUT2D eigenvalue weighted by atomic mass is 16.6. The normalized spacial score (nSPS) is 13.1. The predicted octanol–water partition coefficient (Wildman–Crippen LogP) is 0.0415. The number of rotatable bonds is 14. The monoisotopic (exact) mass is 279 g/mol. The van der Waals surface area contributed by atoms with E-state index in [9.17, 15) is 5.11 Å². The molecule has 1 unspecified atom stereocenters. The minimum absolute atomic E-state index is 0.327. The van der Waals surface area contributed by atoms with Gasteiger partial charge < -0.3 is 29.4 Å². The van der Waals surface area contributed by atoms with E-state index in [-0.39, 0.29) is 0 Å². The van der Waals surface area contributed by atoms with Gasteiger partial charge in [0, 0.05) is 19.7 Å². The summed E-state index contributed by atoms with van der Waals surface area (Å²) in [6, 6.07) is 0.371. The number of methoxy groups -OCH3 is 1. The fourth-order valence-electron chi connectivity index (χ4n) is 1.23. The Balaban J connectivity index is 3.09. The Morgan fingerprint density at radius 2 is 1.42 bits per heavy atom. The van der Waals surface area contributed by atoms with Crippen LogP contribution in [0.4, 0.5) is 0 Å². The first kappa shape index (κ1) is 18.8. The van der Waals surface area contributed by atoms with Crippen molar-refractivity contribution in [2.24, 2.45) is 0 Å². The molecule has 0 aliphatic carbocycles. The average molecular weight is 279 g/mol. The largest absolute Gasteiger partial charge is 0.389 e. The van der Waals surface area contributed by atoms with E-state index < -0.39 is 6.10 Å². The molecule has 0 aromatic carbocycles. The highest BCUT2D eigenvalue weighted by molar-refractivity contribution is 4.60. The van der Waals surface area contributed by atoms with Crippen molar-refractivity contribution < 1.29 is 24.1 Å². The van der Waals surface area contributed by atoms with Crippen LogP contribution in [0.1, 0.15) is 13.8 Å². The van der Waals surface area contributed by atoms with Crippen LogP contribution >= 0.6 is 0 Å². The van der Waals surface area contributed by atoms with E-state index in [1.54, 1.807) is 7.11 Å². The third-order valence-corrected chi connectivity index (χ3v) is 2.25. The molecule has 0 bridgehead atoms. The maximum atomic E-state index is 9.56. The first-order valence-corrected chi connectivity index (χ1v) is 6.80. The summed E-state index contributed by atoms with van der Waals surface area (Å²) < 4.78 is 20.7. The molecule has 2 N–H and O–H groups in total. The second kappa shape index (κ2) is 14.2. The SMILES string of the molecule is COCCOCCOCCOCC(O)CNC(C)C. The minimum Gasteiger partial charge on any atom is -0.389 e. The van der Waals surface area contributed by atoms with Crippen molar-refractivity contribution >= 4 is 0 Å². The van der Waals surface area contributed by atoms with Crippen molar-refractivity contribution in [2.45, 2.75) is 26.0 Å².